The van der Waals surface area contributed by atoms with E-state index in [2.05, 4.69) is 15.4 Å². The molecule has 120 valence electrons. The Kier molecular flexibility index (Phi) is 3.83. The molecule has 0 aromatic carbocycles. The largest absolute Gasteiger partial charge is 0.339 e. The highest BCUT2D eigenvalue weighted by Crippen LogP contribution is 2.27. The Morgan fingerprint density at radius 1 is 1.17 bits per heavy atom. The molecule has 2 aliphatic heterocycles. The summed E-state index contributed by atoms with van der Waals surface area (Å²) >= 11 is 0. The zero-order valence-corrected chi connectivity index (χ0v) is 13.1. The van der Waals surface area contributed by atoms with Gasteiger partial charge >= 0.3 is 0 Å². The van der Waals surface area contributed by atoms with Crippen LogP contribution in [0.2, 0.25) is 0 Å². The van der Waals surface area contributed by atoms with E-state index in [1.54, 1.807) is 23.1 Å². The van der Waals surface area contributed by atoms with Gasteiger partial charge in [-0.15, -0.1) is 0 Å². The average Bonchev–Trinajstić information content (AvgIpc) is 3.23. The van der Waals surface area contributed by atoms with E-state index in [0.29, 0.717) is 11.4 Å². The summed E-state index contributed by atoms with van der Waals surface area (Å²) in [4.78, 5) is 19.1. The minimum Gasteiger partial charge on any atom is -0.339 e. The number of amides is 1. The summed E-state index contributed by atoms with van der Waals surface area (Å²) in [6, 6.07) is 5.46. The van der Waals surface area contributed by atoms with Crippen LogP contribution in [0.15, 0.2) is 36.8 Å². The summed E-state index contributed by atoms with van der Waals surface area (Å²) in [6.07, 6.45) is 7.41. The van der Waals surface area contributed by atoms with E-state index in [1.807, 2.05) is 23.2 Å². The molecule has 0 bridgehead atoms. The van der Waals surface area contributed by atoms with Crippen LogP contribution in [0, 0.1) is 11.8 Å². The molecule has 6 nitrogen and oxygen atoms in total. The van der Waals surface area contributed by atoms with Crippen molar-refractivity contribution in [2.24, 2.45) is 11.8 Å². The van der Waals surface area contributed by atoms with Gasteiger partial charge in [-0.05, 0) is 56.0 Å². The smallest absolute Gasteiger partial charge is 0.254 e. The van der Waals surface area contributed by atoms with Gasteiger partial charge in [0.1, 0.15) is 0 Å². The van der Waals surface area contributed by atoms with Crippen LogP contribution < -0.4 is 5.32 Å². The van der Waals surface area contributed by atoms with Crippen LogP contribution in [0.5, 0.6) is 0 Å². The topological polar surface area (TPSA) is 63.1 Å². The Morgan fingerprint density at radius 2 is 1.96 bits per heavy atom. The molecule has 2 fully saturated rings. The van der Waals surface area contributed by atoms with Crippen molar-refractivity contribution in [2.45, 2.75) is 12.8 Å². The van der Waals surface area contributed by atoms with Gasteiger partial charge in [-0.3, -0.25) is 4.79 Å². The van der Waals surface area contributed by atoms with E-state index in [-0.39, 0.29) is 5.91 Å². The van der Waals surface area contributed by atoms with Crippen molar-refractivity contribution in [3.63, 3.8) is 0 Å². The number of fused-ring (bicyclic) bond motifs is 1. The lowest BCUT2D eigenvalue weighted by molar-refractivity contribution is 0.0758. The first-order valence-electron chi connectivity index (χ1n) is 8.27. The Hall–Kier alpha value is -2.21. The minimum absolute atomic E-state index is 0.105. The molecule has 2 saturated heterocycles. The first-order valence-corrected chi connectivity index (χ1v) is 8.27. The number of hydrogen-bond acceptors (Lipinski definition) is 4. The second-order valence-electron chi connectivity index (χ2n) is 6.40. The predicted octanol–water partition coefficient (Wildman–Crippen LogP) is 1.34. The number of rotatable bonds is 2. The van der Waals surface area contributed by atoms with Crippen molar-refractivity contribution in [2.75, 3.05) is 26.2 Å². The molecule has 4 heterocycles. The van der Waals surface area contributed by atoms with Crippen LogP contribution in [0.3, 0.4) is 0 Å². The number of aromatic nitrogens is 3. The maximum Gasteiger partial charge on any atom is 0.254 e. The molecule has 2 aliphatic rings. The quantitative estimate of drug-likeness (QED) is 0.909. The highest BCUT2D eigenvalue weighted by molar-refractivity contribution is 5.94. The Morgan fingerprint density at radius 3 is 2.65 bits per heavy atom. The fourth-order valence-electron chi connectivity index (χ4n) is 3.68. The van der Waals surface area contributed by atoms with Gasteiger partial charge in [0.05, 0.1) is 0 Å². The number of likely N-dealkylation sites (tertiary alicyclic amines) is 1. The molecule has 0 spiro atoms. The van der Waals surface area contributed by atoms with Crippen molar-refractivity contribution in [3.8, 4) is 5.82 Å². The molecule has 1 N–H and O–H groups in total. The van der Waals surface area contributed by atoms with Gasteiger partial charge in [0.25, 0.3) is 5.91 Å². The summed E-state index contributed by atoms with van der Waals surface area (Å²) in [5.41, 5.74) is 0.690. The molecule has 2 aromatic rings. The second-order valence-corrected chi connectivity index (χ2v) is 6.40. The second kappa shape index (κ2) is 6.12. The summed E-state index contributed by atoms with van der Waals surface area (Å²) < 4.78 is 1.68. The lowest BCUT2D eigenvalue weighted by atomic mass is 9.92. The van der Waals surface area contributed by atoms with E-state index < -0.39 is 0 Å². The van der Waals surface area contributed by atoms with Crippen LogP contribution >= 0.6 is 0 Å². The maximum atomic E-state index is 12.8. The summed E-state index contributed by atoms with van der Waals surface area (Å²) in [5, 5.41) is 7.64. The van der Waals surface area contributed by atoms with Gasteiger partial charge in [0, 0.05) is 37.2 Å². The third-order valence-electron chi connectivity index (χ3n) is 5.04. The molecule has 4 rings (SSSR count). The van der Waals surface area contributed by atoms with Crippen LogP contribution in [0.25, 0.3) is 5.82 Å². The van der Waals surface area contributed by atoms with Gasteiger partial charge in [-0.2, -0.15) is 5.10 Å². The first kappa shape index (κ1) is 14.4. The van der Waals surface area contributed by atoms with Crippen molar-refractivity contribution in [3.05, 3.63) is 42.4 Å². The fourth-order valence-corrected chi connectivity index (χ4v) is 3.68. The zero-order chi connectivity index (χ0) is 15.6. The van der Waals surface area contributed by atoms with Gasteiger partial charge < -0.3 is 10.2 Å². The number of nitrogens with one attached hydrogen (secondary N) is 1. The molecule has 23 heavy (non-hydrogen) atoms. The van der Waals surface area contributed by atoms with Crippen LogP contribution in [0.4, 0.5) is 0 Å². The molecule has 6 heteroatoms. The lowest BCUT2D eigenvalue weighted by Crippen LogP contribution is -2.32. The van der Waals surface area contributed by atoms with Crippen molar-refractivity contribution in [1.29, 1.82) is 0 Å². The molecule has 0 aliphatic carbocycles. The maximum absolute atomic E-state index is 12.8. The number of nitrogens with zero attached hydrogens (tertiary/aromatic N) is 4. The normalized spacial score (nSPS) is 24.3. The Labute approximate surface area is 135 Å². The zero-order valence-electron chi connectivity index (χ0n) is 13.1. The van der Waals surface area contributed by atoms with Crippen LogP contribution in [-0.4, -0.2) is 51.8 Å². The average molecular weight is 311 g/mol. The van der Waals surface area contributed by atoms with Gasteiger partial charge in [0.2, 0.25) is 0 Å². The SMILES string of the molecule is O=C(c1ccnc(-n2cccn2)c1)N1CC[C@@H]2CNC[C@@H]2CC1. The number of carbonyl (C=O) groups is 1. The molecular formula is C17H21N5O. The summed E-state index contributed by atoms with van der Waals surface area (Å²) in [6.45, 7) is 3.90. The Bertz CT molecular complexity index is 670. The van der Waals surface area contributed by atoms with E-state index in [0.717, 1.165) is 50.9 Å². The van der Waals surface area contributed by atoms with E-state index in [9.17, 15) is 4.79 Å². The molecule has 0 saturated carbocycles. The van der Waals surface area contributed by atoms with Crippen molar-refractivity contribution in [1.82, 2.24) is 25.0 Å². The van der Waals surface area contributed by atoms with E-state index in [4.69, 9.17) is 0 Å². The molecule has 0 radical (unpaired) electrons. The van der Waals surface area contributed by atoms with Gasteiger partial charge in [-0.25, -0.2) is 9.67 Å². The predicted molar refractivity (Wildman–Crippen MR) is 86.3 cm³/mol. The van der Waals surface area contributed by atoms with E-state index in [1.165, 1.54) is 0 Å². The van der Waals surface area contributed by atoms with Crippen molar-refractivity contribution >= 4 is 5.91 Å². The molecule has 2 aromatic heterocycles. The Balaban J connectivity index is 1.51. The first-order chi connectivity index (χ1) is 11.3. The van der Waals surface area contributed by atoms with Crippen LogP contribution in [0.1, 0.15) is 23.2 Å². The molecule has 0 unspecified atom stereocenters. The monoisotopic (exact) mass is 311 g/mol. The third-order valence-corrected chi connectivity index (χ3v) is 5.04. The van der Waals surface area contributed by atoms with E-state index >= 15 is 0 Å². The van der Waals surface area contributed by atoms with Gasteiger partial charge in [0.15, 0.2) is 5.82 Å². The fraction of sp³-hybridized carbons (Fsp3) is 0.471. The van der Waals surface area contributed by atoms with Crippen LogP contribution in [-0.2, 0) is 0 Å². The number of hydrogen-bond donors (Lipinski definition) is 1. The summed E-state index contributed by atoms with van der Waals surface area (Å²) in [7, 11) is 0. The third kappa shape index (κ3) is 2.86. The molecular weight excluding hydrogens is 290 g/mol. The highest BCUT2D eigenvalue weighted by Gasteiger charge is 2.31. The van der Waals surface area contributed by atoms with Gasteiger partial charge in [-0.1, -0.05) is 0 Å². The lowest BCUT2D eigenvalue weighted by Gasteiger charge is -2.21. The molecule has 1 amide bonds. The van der Waals surface area contributed by atoms with Crippen molar-refractivity contribution < 1.29 is 4.79 Å². The minimum atomic E-state index is 0.105. The summed E-state index contributed by atoms with van der Waals surface area (Å²) in [5.74, 6) is 2.24. The number of carbonyl (C=O) groups excluding carboxylic acids is 1. The number of pyridine rings is 1. The molecule has 2 atom stereocenters. The standard InChI is InChI=1S/C17H21N5O/c23-17(21-8-3-14-11-18-12-15(14)4-9-21)13-2-6-19-16(10-13)22-7-1-5-20-22/h1-2,5-7,10,14-15,18H,3-4,8-9,11-12H2/t14-,15+. The highest BCUT2D eigenvalue weighted by atomic mass is 16.2.